The number of ether oxygens (including phenoxy) is 3. The normalized spacial score (nSPS) is 10.6. The fourth-order valence-electron chi connectivity index (χ4n) is 3.22. The SMILES string of the molecule is CCOC(=O)c1cnn(-c2ccc3ccccc3n2)c1NC(=O)COc1ccccc1OC. The molecule has 4 aromatic rings. The van der Waals surface area contributed by atoms with E-state index in [0.29, 0.717) is 17.3 Å². The zero-order chi connectivity index (χ0) is 23.2. The van der Waals surface area contributed by atoms with Crippen molar-refractivity contribution in [1.82, 2.24) is 14.8 Å². The Labute approximate surface area is 189 Å². The number of esters is 1. The maximum absolute atomic E-state index is 12.7. The van der Waals surface area contributed by atoms with E-state index in [1.807, 2.05) is 30.3 Å². The summed E-state index contributed by atoms with van der Waals surface area (Å²) in [5.41, 5.74) is 0.859. The molecule has 2 aromatic heterocycles. The van der Waals surface area contributed by atoms with Crippen molar-refractivity contribution in [2.75, 3.05) is 25.6 Å². The van der Waals surface area contributed by atoms with Gasteiger partial charge in [-0.3, -0.25) is 4.79 Å². The predicted molar refractivity (Wildman–Crippen MR) is 122 cm³/mol. The van der Waals surface area contributed by atoms with E-state index in [1.54, 1.807) is 37.3 Å². The fourth-order valence-corrected chi connectivity index (χ4v) is 3.22. The molecule has 9 heteroatoms. The van der Waals surface area contributed by atoms with Gasteiger partial charge in [-0.1, -0.05) is 30.3 Å². The summed E-state index contributed by atoms with van der Waals surface area (Å²) in [6, 6.07) is 18.2. The molecule has 2 heterocycles. The van der Waals surface area contributed by atoms with Crippen LogP contribution in [0.1, 0.15) is 17.3 Å². The Morgan fingerprint density at radius 2 is 1.76 bits per heavy atom. The lowest BCUT2D eigenvalue weighted by Crippen LogP contribution is -2.23. The van der Waals surface area contributed by atoms with E-state index in [-0.39, 0.29) is 24.6 Å². The molecule has 0 aliphatic rings. The summed E-state index contributed by atoms with van der Waals surface area (Å²) in [4.78, 5) is 29.8. The molecule has 9 nitrogen and oxygen atoms in total. The maximum atomic E-state index is 12.7. The van der Waals surface area contributed by atoms with Gasteiger partial charge in [0.25, 0.3) is 5.91 Å². The quantitative estimate of drug-likeness (QED) is 0.412. The third-order valence-electron chi connectivity index (χ3n) is 4.75. The van der Waals surface area contributed by atoms with E-state index in [0.717, 1.165) is 10.9 Å². The molecule has 33 heavy (non-hydrogen) atoms. The number of benzene rings is 2. The van der Waals surface area contributed by atoms with Crippen LogP contribution in [-0.2, 0) is 9.53 Å². The highest BCUT2D eigenvalue weighted by Crippen LogP contribution is 2.26. The van der Waals surface area contributed by atoms with Gasteiger partial charge in [-0.15, -0.1) is 0 Å². The number of hydrogen-bond donors (Lipinski definition) is 1. The Kier molecular flexibility index (Phi) is 6.49. The molecule has 1 amide bonds. The number of hydrogen-bond acceptors (Lipinski definition) is 7. The number of carbonyl (C=O) groups excluding carboxylic acids is 2. The van der Waals surface area contributed by atoms with Gasteiger partial charge in [0.05, 0.1) is 25.4 Å². The van der Waals surface area contributed by atoms with Crippen molar-refractivity contribution in [3.8, 4) is 17.3 Å². The van der Waals surface area contributed by atoms with Crippen LogP contribution in [0.4, 0.5) is 5.82 Å². The van der Waals surface area contributed by atoms with Gasteiger partial charge >= 0.3 is 5.97 Å². The zero-order valence-electron chi connectivity index (χ0n) is 18.1. The molecule has 0 aliphatic heterocycles. The fraction of sp³-hybridized carbons (Fsp3) is 0.167. The van der Waals surface area contributed by atoms with E-state index < -0.39 is 11.9 Å². The van der Waals surface area contributed by atoms with Crippen LogP contribution in [-0.4, -0.2) is 47.0 Å². The number of nitrogens with zero attached hydrogens (tertiary/aromatic N) is 3. The van der Waals surface area contributed by atoms with Crippen molar-refractivity contribution < 1.29 is 23.8 Å². The van der Waals surface area contributed by atoms with Crippen LogP contribution in [0.3, 0.4) is 0 Å². The second kappa shape index (κ2) is 9.82. The van der Waals surface area contributed by atoms with Crippen molar-refractivity contribution in [1.29, 1.82) is 0 Å². The first kappa shape index (κ1) is 21.8. The number of amides is 1. The monoisotopic (exact) mass is 446 g/mol. The summed E-state index contributed by atoms with van der Waals surface area (Å²) in [6.45, 7) is 1.58. The van der Waals surface area contributed by atoms with Gasteiger partial charge in [-0.25, -0.2) is 9.78 Å². The molecule has 0 radical (unpaired) electrons. The molecule has 0 bridgehead atoms. The average molecular weight is 446 g/mol. The van der Waals surface area contributed by atoms with Gasteiger partial charge in [0.2, 0.25) is 0 Å². The van der Waals surface area contributed by atoms with E-state index in [4.69, 9.17) is 14.2 Å². The van der Waals surface area contributed by atoms with Crippen molar-refractivity contribution in [2.24, 2.45) is 0 Å². The van der Waals surface area contributed by atoms with Crippen LogP contribution in [0, 0.1) is 0 Å². The number of pyridine rings is 1. The van der Waals surface area contributed by atoms with Crippen molar-refractivity contribution >= 4 is 28.6 Å². The topological polar surface area (TPSA) is 105 Å². The maximum Gasteiger partial charge on any atom is 0.343 e. The predicted octanol–water partition coefficient (Wildman–Crippen LogP) is 3.62. The van der Waals surface area contributed by atoms with Gasteiger partial charge in [0.15, 0.2) is 29.7 Å². The van der Waals surface area contributed by atoms with Gasteiger partial charge in [0.1, 0.15) is 5.56 Å². The zero-order valence-corrected chi connectivity index (χ0v) is 18.1. The molecule has 0 unspecified atom stereocenters. The van der Waals surface area contributed by atoms with Crippen molar-refractivity contribution in [3.05, 3.63) is 72.4 Å². The largest absolute Gasteiger partial charge is 0.493 e. The minimum atomic E-state index is -0.606. The molecule has 0 fully saturated rings. The molecule has 4 rings (SSSR count). The van der Waals surface area contributed by atoms with Crippen LogP contribution in [0.2, 0.25) is 0 Å². The summed E-state index contributed by atoms with van der Waals surface area (Å²) >= 11 is 0. The Morgan fingerprint density at radius 1 is 1.00 bits per heavy atom. The number of aromatic nitrogens is 3. The van der Waals surface area contributed by atoms with Crippen LogP contribution < -0.4 is 14.8 Å². The van der Waals surface area contributed by atoms with Gasteiger partial charge in [0, 0.05) is 5.39 Å². The van der Waals surface area contributed by atoms with Crippen molar-refractivity contribution in [3.63, 3.8) is 0 Å². The summed E-state index contributed by atoms with van der Waals surface area (Å²) in [5, 5.41) is 7.93. The minimum Gasteiger partial charge on any atom is -0.493 e. The summed E-state index contributed by atoms with van der Waals surface area (Å²) in [7, 11) is 1.52. The lowest BCUT2D eigenvalue weighted by Gasteiger charge is -2.13. The number of rotatable bonds is 8. The summed E-state index contributed by atoms with van der Waals surface area (Å²) < 4.78 is 17.3. The van der Waals surface area contributed by atoms with Crippen molar-refractivity contribution in [2.45, 2.75) is 6.92 Å². The molecule has 168 valence electrons. The second-order valence-corrected chi connectivity index (χ2v) is 6.89. The van der Waals surface area contributed by atoms with E-state index in [9.17, 15) is 9.59 Å². The first-order valence-corrected chi connectivity index (χ1v) is 10.3. The molecule has 0 spiro atoms. The number of anilines is 1. The number of nitrogens with one attached hydrogen (secondary N) is 1. The Balaban J connectivity index is 1.62. The molecule has 0 saturated carbocycles. The van der Waals surface area contributed by atoms with E-state index >= 15 is 0 Å². The third kappa shape index (κ3) is 4.77. The smallest absolute Gasteiger partial charge is 0.343 e. The standard InChI is InChI=1S/C24H22N4O5/c1-3-32-24(30)17-14-25-28(21-13-12-16-8-4-5-9-18(16)26-21)23(17)27-22(29)15-33-20-11-7-6-10-19(20)31-2/h4-14H,3,15H2,1-2H3,(H,27,29). The molecular weight excluding hydrogens is 424 g/mol. The highest BCUT2D eigenvalue weighted by Gasteiger charge is 2.22. The van der Waals surface area contributed by atoms with Gasteiger partial charge in [-0.2, -0.15) is 9.78 Å². The second-order valence-electron chi connectivity index (χ2n) is 6.89. The molecule has 0 aliphatic carbocycles. The molecular formula is C24H22N4O5. The third-order valence-corrected chi connectivity index (χ3v) is 4.75. The number of methoxy groups -OCH3 is 1. The Morgan fingerprint density at radius 3 is 2.55 bits per heavy atom. The van der Waals surface area contributed by atoms with Gasteiger partial charge < -0.3 is 19.5 Å². The average Bonchev–Trinajstić information content (AvgIpc) is 3.26. The van der Waals surface area contributed by atoms with E-state index in [2.05, 4.69) is 15.4 Å². The molecule has 2 aromatic carbocycles. The Hall–Kier alpha value is -4.40. The van der Waals surface area contributed by atoms with Crippen LogP contribution >= 0.6 is 0 Å². The first-order valence-electron chi connectivity index (χ1n) is 10.3. The number of carbonyl (C=O) groups is 2. The van der Waals surface area contributed by atoms with Crippen LogP contribution in [0.15, 0.2) is 66.9 Å². The summed E-state index contributed by atoms with van der Waals surface area (Å²) in [6.07, 6.45) is 1.34. The molecule has 0 saturated heterocycles. The van der Waals surface area contributed by atoms with Gasteiger partial charge in [-0.05, 0) is 37.3 Å². The first-order chi connectivity index (χ1) is 16.1. The molecule has 1 N–H and O–H groups in total. The highest BCUT2D eigenvalue weighted by atomic mass is 16.5. The highest BCUT2D eigenvalue weighted by molar-refractivity contribution is 6.01. The van der Waals surface area contributed by atoms with E-state index in [1.165, 1.54) is 18.0 Å². The summed E-state index contributed by atoms with van der Waals surface area (Å²) in [5.74, 6) is 0.405. The van der Waals surface area contributed by atoms with Crippen LogP contribution in [0.25, 0.3) is 16.7 Å². The Bertz CT molecular complexity index is 1300. The minimum absolute atomic E-state index is 0.109. The molecule has 0 atom stereocenters. The van der Waals surface area contributed by atoms with Crippen LogP contribution in [0.5, 0.6) is 11.5 Å². The number of para-hydroxylation sites is 3. The lowest BCUT2D eigenvalue weighted by atomic mass is 10.2. The lowest BCUT2D eigenvalue weighted by molar-refractivity contribution is -0.118. The number of fused-ring (bicyclic) bond motifs is 1.